The lowest BCUT2D eigenvalue weighted by atomic mass is 10.2. The number of carbonyl (C=O) groups excluding carboxylic acids is 1. The average molecular weight is 425 g/mol. The van der Waals surface area contributed by atoms with Crippen LogP contribution in [0, 0.1) is 11.6 Å². The van der Waals surface area contributed by atoms with Crippen molar-refractivity contribution in [3.8, 4) is 0 Å². The number of halogens is 2. The predicted octanol–water partition coefficient (Wildman–Crippen LogP) is 2.49. The number of carbonyl (C=O) groups is 1. The van der Waals surface area contributed by atoms with Gasteiger partial charge in [0.25, 0.3) is 5.56 Å². The molecule has 1 saturated heterocycles. The van der Waals surface area contributed by atoms with Crippen LogP contribution >= 0.6 is 0 Å². The minimum atomic E-state index is -0.431. The SMILES string of the molecule is O=C(Cn1nc(N2CCN(c3ccc(F)cc3)CC2)ccc1=O)Nc1ccc(F)cc1. The van der Waals surface area contributed by atoms with Crippen LogP contribution in [0.1, 0.15) is 0 Å². The van der Waals surface area contributed by atoms with Crippen molar-refractivity contribution in [1.82, 2.24) is 9.78 Å². The molecule has 1 aliphatic heterocycles. The Balaban J connectivity index is 1.39. The zero-order valence-electron chi connectivity index (χ0n) is 16.7. The second kappa shape index (κ2) is 8.95. The van der Waals surface area contributed by atoms with Gasteiger partial charge in [-0.05, 0) is 54.6 Å². The van der Waals surface area contributed by atoms with Crippen LogP contribution < -0.4 is 20.7 Å². The zero-order chi connectivity index (χ0) is 21.8. The fraction of sp³-hybridized carbons (Fsp3) is 0.227. The van der Waals surface area contributed by atoms with E-state index in [1.54, 1.807) is 18.2 Å². The molecular weight excluding hydrogens is 404 g/mol. The largest absolute Gasteiger partial charge is 0.368 e. The van der Waals surface area contributed by atoms with E-state index >= 15 is 0 Å². The first-order valence-electron chi connectivity index (χ1n) is 9.87. The molecule has 0 atom stereocenters. The Kier molecular flexibility index (Phi) is 5.92. The molecule has 1 fully saturated rings. The van der Waals surface area contributed by atoms with Gasteiger partial charge >= 0.3 is 0 Å². The van der Waals surface area contributed by atoms with Crippen molar-refractivity contribution in [2.75, 3.05) is 41.3 Å². The number of hydrogen-bond acceptors (Lipinski definition) is 5. The van der Waals surface area contributed by atoms with Crippen molar-refractivity contribution in [2.24, 2.45) is 0 Å². The molecule has 0 radical (unpaired) electrons. The molecule has 0 saturated carbocycles. The third-order valence-corrected chi connectivity index (χ3v) is 5.07. The molecule has 2 aromatic carbocycles. The molecule has 4 rings (SSSR count). The second-order valence-electron chi connectivity index (χ2n) is 7.19. The lowest BCUT2D eigenvalue weighted by Crippen LogP contribution is -2.47. The maximum Gasteiger partial charge on any atom is 0.267 e. The summed E-state index contributed by atoms with van der Waals surface area (Å²) in [4.78, 5) is 28.6. The minimum Gasteiger partial charge on any atom is -0.368 e. The van der Waals surface area contributed by atoms with E-state index in [0.717, 1.165) is 23.5 Å². The molecule has 0 spiro atoms. The van der Waals surface area contributed by atoms with Gasteiger partial charge in [-0.3, -0.25) is 9.59 Å². The number of hydrogen-bond donors (Lipinski definition) is 1. The molecule has 0 bridgehead atoms. The molecule has 160 valence electrons. The first-order chi connectivity index (χ1) is 15.0. The molecule has 3 aromatic rings. The topological polar surface area (TPSA) is 70.5 Å². The molecule has 9 heteroatoms. The standard InChI is InChI=1S/C22H21F2N5O2/c23-16-1-5-18(6-2-16)25-21(30)15-29-22(31)10-9-20(26-29)28-13-11-27(12-14-28)19-7-3-17(24)4-8-19/h1-10H,11-15H2,(H,25,30). The molecule has 31 heavy (non-hydrogen) atoms. The Morgan fingerprint density at radius 1 is 0.839 bits per heavy atom. The van der Waals surface area contributed by atoms with Gasteiger partial charge in [0, 0.05) is 43.6 Å². The van der Waals surface area contributed by atoms with Crippen LogP contribution in [0.2, 0.25) is 0 Å². The number of nitrogens with zero attached hydrogens (tertiary/aromatic N) is 4. The van der Waals surface area contributed by atoms with Crippen molar-refractivity contribution in [3.05, 3.63) is 82.7 Å². The first kappa shape index (κ1) is 20.5. The summed E-state index contributed by atoms with van der Waals surface area (Å²) in [6.45, 7) is 2.53. The Morgan fingerprint density at radius 3 is 2.06 bits per heavy atom. The summed E-state index contributed by atoms with van der Waals surface area (Å²) in [5, 5.41) is 6.96. The van der Waals surface area contributed by atoms with Crippen LogP contribution in [0.4, 0.5) is 26.0 Å². The summed E-state index contributed by atoms with van der Waals surface area (Å²) in [6.07, 6.45) is 0. The summed E-state index contributed by atoms with van der Waals surface area (Å²) in [5.41, 5.74) is 1.01. The van der Waals surface area contributed by atoms with Gasteiger partial charge in [-0.2, -0.15) is 5.10 Å². The second-order valence-corrected chi connectivity index (χ2v) is 7.19. The van der Waals surface area contributed by atoms with Gasteiger partial charge < -0.3 is 15.1 Å². The summed E-state index contributed by atoms with van der Waals surface area (Å²) >= 11 is 0. The van der Waals surface area contributed by atoms with Crippen molar-refractivity contribution in [1.29, 1.82) is 0 Å². The van der Waals surface area contributed by atoms with Crippen LogP contribution in [-0.4, -0.2) is 41.9 Å². The first-order valence-corrected chi connectivity index (χ1v) is 9.87. The Labute approximate surface area is 177 Å². The molecule has 2 heterocycles. The zero-order valence-corrected chi connectivity index (χ0v) is 16.7. The van der Waals surface area contributed by atoms with Crippen LogP contribution in [0.5, 0.6) is 0 Å². The molecule has 1 aliphatic rings. The summed E-state index contributed by atoms with van der Waals surface area (Å²) in [5.74, 6) is -0.493. The summed E-state index contributed by atoms with van der Waals surface area (Å²) in [6, 6.07) is 14.8. The van der Waals surface area contributed by atoms with Crippen LogP contribution in [0.3, 0.4) is 0 Å². The highest BCUT2D eigenvalue weighted by atomic mass is 19.1. The fourth-order valence-corrected chi connectivity index (χ4v) is 3.44. The molecule has 7 nitrogen and oxygen atoms in total. The number of aromatic nitrogens is 2. The number of nitrogens with one attached hydrogen (secondary N) is 1. The van der Waals surface area contributed by atoms with Gasteiger partial charge in [-0.15, -0.1) is 0 Å². The third kappa shape index (κ3) is 5.06. The van der Waals surface area contributed by atoms with Crippen LogP contribution in [0.25, 0.3) is 0 Å². The highest BCUT2D eigenvalue weighted by molar-refractivity contribution is 5.90. The van der Waals surface area contributed by atoms with Gasteiger partial charge in [-0.1, -0.05) is 0 Å². The van der Waals surface area contributed by atoms with E-state index < -0.39 is 11.7 Å². The quantitative estimate of drug-likeness (QED) is 0.680. The van der Waals surface area contributed by atoms with E-state index in [0.29, 0.717) is 24.6 Å². The molecule has 1 amide bonds. The van der Waals surface area contributed by atoms with E-state index in [9.17, 15) is 18.4 Å². The Hall–Kier alpha value is -3.75. The highest BCUT2D eigenvalue weighted by Crippen LogP contribution is 2.19. The maximum absolute atomic E-state index is 13.1. The molecular formula is C22H21F2N5O2. The third-order valence-electron chi connectivity index (χ3n) is 5.07. The number of amides is 1. The Bertz CT molecular complexity index is 1110. The minimum absolute atomic E-state index is 0.250. The maximum atomic E-state index is 13.1. The molecule has 0 unspecified atom stereocenters. The lowest BCUT2D eigenvalue weighted by Gasteiger charge is -2.36. The summed E-state index contributed by atoms with van der Waals surface area (Å²) < 4.78 is 27.2. The van der Waals surface area contributed by atoms with E-state index in [1.165, 1.54) is 42.5 Å². The van der Waals surface area contributed by atoms with Crippen molar-refractivity contribution in [3.63, 3.8) is 0 Å². The fourth-order valence-electron chi connectivity index (χ4n) is 3.44. The number of benzene rings is 2. The lowest BCUT2D eigenvalue weighted by molar-refractivity contribution is -0.117. The van der Waals surface area contributed by atoms with Crippen molar-refractivity contribution in [2.45, 2.75) is 6.54 Å². The monoisotopic (exact) mass is 425 g/mol. The van der Waals surface area contributed by atoms with Crippen molar-refractivity contribution >= 4 is 23.1 Å². The van der Waals surface area contributed by atoms with E-state index in [4.69, 9.17) is 0 Å². The van der Waals surface area contributed by atoms with Gasteiger partial charge in [0.2, 0.25) is 5.91 Å². The predicted molar refractivity (Wildman–Crippen MR) is 114 cm³/mol. The van der Waals surface area contributed by atoms with E-state index in [2.05, 4.69) is 15.3 Å². The van der Waals surface area contributed by atoms with Gasteiger partial charge in [0.15, 0.2) is 0 Å². The molecule has 1 aromatic heterocycles. The normalized spacial score (nSPS) is 13.9. The van der Waals surface area contributed by atoms with Crippen LogP contribution in [0.15, 0.2) is 65.5 Å². The number of anilines is 3. The van der Waals surface area contributed by atoms with E-state index in [-0.39, 0.29) is 17.9 Å². The van der Waals surface area contributed by atoms with Gasteiger partial charge in [0.05, 0.1) is 0 Å². The average Bonchev–Trinajstić information content (AvgIpc) is 2.78. The molecule has 0 aliphatic carbocycles. The van der Waals surface area contributed by atoms with Crippen LogP contribution in [-0.2, 0) is 11.3 Å². The van der Waals surface area contributed by atoms with Gasteiger partial charge in [0.1, 0.15) is 24.0 Å². The molecule has 1 N–H and O–H groups in total. The smallest absolute Gasteiger partial charge is 0.267 e. The highest BCUT2D eigenvalue weighted by Gasteiger charge is 2.19. The Morgan fingerprint density at radius 2 is 1.42 bits per heavy atom. The summed E-state index contributed by atoms with van der Waals surface area (Å²) in [7, 11) is 0. The van der Waals surface area contributed by atoms with Crippen molar-refractivity contribution < 1.29 is 13.6 Å². The van der Waals surface area contributed by atoms with E-state index in [1.807, 2.05) is 4.90 Å². The number of rotatable bonds is 5. The number of piperazine rings is 1. The van der Waals surface area contributed by atoms with Gasteiger partial charge in [-0.25, -0.2) is 13.5 Å².